The van der Waals surface area contributed by atoms with Crippen LogP contribution >= 0.6 is 11.6 Å². The molecule has 1 amide bonds. The van der Waals surface area contributed by atoms with E-state index in [1.807, 2.05) is 25.4 Å². The summed E-state index contributed by atoms with van der Waals surface area (Å²) in [6.07, 6.45) is 25.0. The molecular formula is C55H69ClLiN17O8. The van der Waals surface area contributed by atoms with Crippen molar-refractivity contribution in [1.82, 2.24) is 64.4 Å². The molecule has 430 valence electrons. The zero-order chi connectivity index (χ0) is 56.8. The van der Waals surface area contributed by atoms with Crippen LogP contribution in [0.3, 0.4) is 0 Å². The molecule has 0 bridgehead atoms. The molecule has 25 nitrogen and oxygen atoms in total. The molecule has 27 heteroatoms. The van der Waals surface area contributed by atoms with Gasteiger partial charge < -0.3 is 44.1 Å². The molecule has 6 saturated heterocycles. The number of rotatable bonds is 12. The second kappa shape index (κ2) is 29.2. The molecule has 11 heterocycles. The van der Waals surface area contributed by atoms with Gasteiger partial charge in [0.25, 0.3) is 5.91 Å². The van der Waals surface area contributed by atoms with Gasteiger partial charge in [-0.1, -0.05) is 11.6 Å². The van der Waals surface area contributed by atoms with E-state index in [9.17, 15) is 24.3 Å². The van der Waals surface area contributed by atoms with Crippen LogP contribution in [0.2, 0.25) is 5.15 Å². The van der Waals surface area contributed by atoms with Gasteiger partial charge in [-0.25, -0.2) is 49.5 Å². The van der Waals surface area contributed by atoms with Crippen molar-refractivity contribution in [3.8, 4) is 5.75 Å². The maximum atomic E-state index is 12.8. The van der Waals surface area contributed by atoms with E-state index in [4.69, 9.17) is 16.3 Å². The number of aryl methyl sites for hydroxylation is 1. The Balaban J connectivity index is 0.000000151. The van der Waals surface area contributed by atoms with Crippen LogP contribution < -0.4 is 48.7 Å². The minimum atomic E-state index is -1.28. The molecule has 5 aromatic heterocycles. The fourth-order valence-electron chi connectivity index (χ4n) is 11.1. The number of esters is 2. The average molecular weight is 1140 g/mol. The number of benzene rings is 1. The number of methoxy groups -OCH3 is 3. The van der Waals surface area contributed by atoms with Crippen molar-refractivity contribution in [1.29, 1.82) is 0 Å². The normalized spacial score (nSPS) is 19.8. The second-order valence-electron chi connectivity index (χ2n) is 20.5. The Labute approximate surface area is 493 Å². The minimum absolute atomic E-state index is 0. The average Bonchev–Trinajstić information content (AvgIpc) is 4.38. The number of nitrogens with one attached hydrogen (secondary N) is 1. The maximum absolute atomic E-state index is 12.8. The molecule has 3 atom stereocenters. The molecule has 12 rings (SSSR count). The number of carboxylic acid groups (broad SMARTS) is 1. The van der Waals surface area contributed by atoms with Gasteiger partial charge in [0.05, 0.1) is 88.1 Å². The predicted molar refractivity (Wildman–Crippen MR) is 300 cm³/mol. The van der Waals surface area contributed by atoms with Gasteiger partial charge in [-0.3, -0.25) is 24.2 Å². The van der Waals surface area contributed by atoms with E-state index in [1.165, 1.54) is 129 Å². The zero-order valence-corrected chi connectivity index (χ0v) is 48.0. The molecule has 0 aliphatic carbocycles. The van der Waals surface area contributed by atoms with Gasteiger partial charge in [0.2, 0.25) is 0 Å². The predicted octanol–water partition coefficient (Wildman–Crippen LogP) is 0.672. The van der Waals surface area contributed by atoms with E-state index in [-0.39, 0.29) is 52.7 Å². The summed E-state index contributed by atoms with van der Waals surface area (Å²) in [5.74, 6) is 0.412. The largest absolute Gasteiger partial charge is 1.00 e. The first-order valence-electron chi connectivity index (χ1n) is 27.5. The Kier molecular flexibility index (Phi) is 21.7. The Hall–Kier alpha value is -7.14. The number of fused-ring (bicyclic) bond motifs is 1. The maximum Gasteiger partial charge on any atom is 1.00 e. The first kappa shape index (κ1) is 60.9. The Morgan fingerprint density at radius 1 is 0.549 bits per heavy atom. The quantitative estimate of drug-likeness (QED) is 0.130. The molecule has 0 saturated carbocycles. The van der Waals surface area contributed by atoms with Crippen LogP contribution in [0, 0.1) is 0 Å². The van der Waals surface area contributed by atoms with Crippen LogP contribution in [0.1, 0.15) is 99.7 Å². The molecule has 6 fully saturated rings. The third-order valence-corrected chi connectivity index (χ3v) is 15.6. The number of aromatic nitrogens is 10. The number of halogens is 1. The topological polar surface area (TPSA) is 271 Å². The number of nitrogens with zero attached hydrogens (tertiary/aromatic N) is 16. The van der Waals surface area contributed by atoms with Crippen LogP contribution in [0.5, 0.6) is 5.75 Å². The number of hydrogen-bond donors (Lipinski definition) is 1. The molecule has 1 N–H and O–H groups in total. The molecule has 0 unspecified atom stereocenters. The van der Waals surface area contributed by atoms with E-state index in [2.05, 4.69) is 89.2 Å². The smallest absolute Gasteiger partial charge is 0.543 e. The molecule has 6 aromatic rings. The van der Waals surface area contributed by atoms with E-state index in [1.54, 1.807) is 30.4 Å². The van der Waals surface area contributed by atoms with Gasteiger partial charge in [0, 0.05) is 82.1 Å². The third-order valence-electron chi connectivity index (χ3n) is 15.4. The standard InChI is InChI=1S/C22H27N7O2.C14H20N4O2.C13H18N4O2.C6H5ClN2O2.Li/c1-27-13-15-9-18(20(31-2)10-17(15)26-27)25-22(30)19-11-24-21(12-23-19)29-8-5-16(14-29)28-6-3-4-7-28;1-20-14(19)12-8-16-13(9-15-12)18-7-4-11(10-18)17-5-2-3-6-17;18-13(19)11-7-15-12(8-14-11)17-6-3-10(9-17)16-4-1-2-5-16;1-11-6(10)4-2-9-5(7)3-8-4;/h9-13,16H,3-8,14H2,1-2H3,(H,25,30);8-9,11H,2-7,10H2,1H3;7-8,10H,1-6,9H2,(H,18,19);2-3H,1H3;/q;;;;+1/p-1/t16-;11-;10-;;/m000../s1. The zero-order valence-electron chi connectivity index (χ0n) is 47.2. The van der Waals surface area contributed by atoms with Gasteiger partial charge in [0.1, 0.15) is 39.7 Å². The SMILES string of the molecule is COC(=O)c1cnc(Cl)cn1.COC(=O)c1cnc(N2CC[C@H](N3CCCC3)C2)cn1.COc1cc2nn(C)cc2cc1NC(=O)c1cnc(N2CC[C@H](N3CCCC3)C2)cn1.O=C([O-])c1cnc(N2CC[C@H](N3CCCC3)C2)cn1.[Li+]. The fraction of sp³-hybridized carbons (Fsp3) is 0.509. The summed E-state index contributed by atoms with van der Waals surface area (Å²) >= 11 is 5.43. The number of aromatic carboxylic acids is 1. The van der Waals surface area contributed by atoms with Crippen molar-refractivity contribution in [2.75, 3.05) is 120 Å². The molecule has 0 radical (unpaired) electrons. The number of carbonyl (C=O) groups excluding carboxylic acids is 4. The molecule has 1 aromatic carbocycles. The Morgan fingerprint density at radius 2 is 0.963 bits per heavy atom. The third kappa shape index (κ3) is 15.7. The van der Waals surface area contributed by atoms with Crippen LogP contribution in [0.15, 0.2) is 67.9 Å². The van der Waals surface area contributed by atoms with Crippen LogP contribution in [0.25, 0.3) is 10.9 Å². The molecular weight excluding hydrogens is 1070 g/mol. The van der Waals surface area contributed by atoms with Gasteiger partial charge in [-0.05, 0) is 103 Å². The van der Waals surface area contributed by atoms with Crippen molar-refractivity contribution in [2.24, 2.45) is 7.05 Å². The van der Waals surface area contributed by atoms with Gasteiger partial charge in [-0.15, -0.1) is 0 Å². The second-order valence-corrected chi connectivity index (χ2v) is 20.9. The van der Waals surface area contributed by atoms with Crippen molar-refractivity contribution in [2.45, 2.75) is 75.9 Å². The number of anilines is 4. The first-order chi connectivity index (χ1) is 39.4. The van der Waals surface area contributed by atoms with Gasteiger partial charge in [0.15, 0.2) is 11.4 Å². The van der Waals surface area contributed by atoms with Crippen molar-refractivity contribution < 1.29 is 57.4 Å². The monoisotopic (exact) mass is 1140 g/mol. The Morgan fingerprint density at radius 3 is 1.34 bits per heavy atom. The van der Waals surface area contributed by atoms with Gasteiger partial charge >= 0.3 is 30.8 Å². The summed E-state index contributed by atoms with van der Waals surface area (Å²) in [6, 6.07) is 5.50. The number of amides is 1. The molecule has 82 heavy (non-hydrogen) atoms. The summed E-state index contributed by atoms with van der Waals surface area (Å²) in [4.78, 5) is 92.6. The summed E-state index contributed by atoms with van der Waals surface area (Å²) in [7, 11) is 6.05. The summed E-state index contributed by atoms with van der Waals surface area (Å²) < 4.78 is 16.2. The van der Waals surface area contributed by atoms with E-state index >= 15 is 0 Å². The van der Waals surface area contributed by atoms with Crippen molar-refractivity contribution >= 4 is 69.5 Å². The molecule has 6 aliphatic rings. The van der Waals surface area contributed by atoms with Crippen molar-refractivity contribution in [3.05, 3.63) is 95.8 Å². The van der Waals surface area contributed by atoms with E-state index < -0.39 is 17.9 Å². The fourth-order valence-corrected chi connectivity index (χ4v) is 11.2. The summed E-state index contributed by atoms with van der Waals surface area (Å²) in [5.41, 5.74) is 1.95. The number of ether oxygens (including phenoxy) is 3. The van der Waals surface area contributed by atoms with E-state index in [0.717, 1.165) is 80.5 Å². The first-order valence-corrected chi connectivity index (χ1v) is 27.9. The number of carboxylic acids is 1. The number of hydrogen-bond acceptors (Lipinski definition) is 23. The van der Waals surface area contributed by atoms with Gasteiger partial charge in [-0.2, -0.15) is 5.10 Å². The van der Waals surface area contributed by atoms with Crippen LogP contribution in [-0.2, 0) is 16.5 Å². The van der Waals surface area contributed by atoms with Crippen LogP contribution in [-0.4, -0.2) is 206 Å². The summed E-state index contributed by atoms with van der Waals surface area (Å²) in [5, 5.41) is 19.1. The van der Waals surface area contributed by atoms with Crippen molar-refractivity contribution in [3.63, 3.8) is 0 Å². The Bertz CT molecular complexity index is 3060. The van der Waals surface area contributed by atoms with Crippen LogP contribution in [0.4, 0.5) is 23.1 Å². The molecule has 6 aliphatic heterocycles. The number of carbonyl (C=O) groups is 4. The van der Waals surface area contributed by atoms with E-state index in [0.29, 0.717) is 29.6 Å². The molecule has 0 spiro atoms. The minimum Gasteiger partial charge on any atom is -0.543 e. The number of likely N-dealkylation sites (tertiary alicyclic amines) is 3. The summed E-state index contributed by atoms with van der Waals surface area (Å²) in [6.45, 7) is 13.2.